The summed E-state index contributed by atoms with van der Waals surface area (Å²) in [5.41, 5.74) is 5.40. The Kier molecular flexibility index (Phi) is 9.18. The maximum absolute atomic E-state index is 11.5. The molecule has 0 rings (SSSR count). The van der Waals surface area contributed by atoms with Gasteiger partial charge in [0, 0.05) is 32.7 Å². The lowest BCUT2D eigenvalue weighted by Crippen LogP contribution is -2.37. The normalized spacial score (nSPS) is 12.8. The van der Waals surface area contributed by atoms with Crippen molar-refractivity contribution >= 4 is 5.91 Å². The molecule has 5 heteroatoms. The topological polar surface area (TPSA) is 67.6 Å². The molecule has 0 aromatic heterocycles. The van der Waals surface area contributed by atoms with Gasteiger partial charge < -0.3 is 20.7 Å². The SMILES string of the molecule is COCCN(C)CCNC(=O)C(C)CCN. The minimum Gasteiger partial charge on any atom is -0.383 e. The maximum atomic E-state index is 11.5. The highest BCUT2D eigenvalue weighted by Crippen LogP contribution is 1.98. The van der Waals surface area contributed by atoms with E-state index in [-0.39, 0.29) is 11.8 Å². The van der Waals surface area contributed by atoms with Gasteiger partial charge in [-0.25, -0.2) is 0 Å². The Hall–Kier alpha value is -0.650. The van der Waals surface area contributed by atoms with Crippen LogP contribution in [0.2, 0.25) is 0 Å². The van der Waals surface area contributed by atoms with Gasteiger partial charge in [0.15, 0.2) is 0 Å². The summed E-state index contributed by atoms with van der Waals surface area (Å²) in [6.07, 6.45) is 0.741. The van der Waals surface area contributed by atoms with Crippen LogP contribution >= 0.6 is 0 Å². The van der Waals surface area contributed by atoms with Gasteiger partial charge in [0.2, 0.25) is 5.91 Å². The summed E-state index contributed by atoms with van der Waals surface area (Å²) >= 11 is 0. The van der Waals surface area contributed by atoms with E-state index in [4.69, 9.17) is 10.5 Å². The first kappa shape index (κ1) is 15.3. The van der Waals surface area contributed by atoms with E-state index in [1.165, 1.54) is 0 Å². The number of nitrogens with zero attached hydrogens (tertiary/aromatic N) is 1. The van der Waals surface area contributed by atoms with E-state index in [9.17, 15) is 4.79 Å². The lowest BCUT2D eigenvalue weighted by Gasteiger charge is -2.17. The number of rotatable bonds is 9. The van der Waals surface area contributed by atoms with Crippen molar-refractivity contribution in [2.24, 2.45) is 11.7 Å². The second kappa shape index (κ2) is 9.57. The zero-order valence-corrected chi connectivity index (χ0v) is 10.7. The first-order chi connectivity index (χ1) is 7.61. The van der Waals surface area contributed by atoms with Gasteiger partial charge in [-0.05, 0) is 20.0 Å². The van der Waals surface area contributed by atoms with E-state index in [2.05, 4.69) is 10.2 Å². The highest BCUT2D eigenvalue weighted by Gasteiger charge is 2.10. The number of carbonyl (C=O) groups excluding carboxylic acids is 1. The lowest BCUT2D eigenvalue weighted by atomic mass is 10.1. The summed E-state index contributed by atoms with van der Waals surface area (Å²) in [4.78, 5) is 13.6. The summed E-state index contributed by atoms with van der Waals surface area (Å²) in [7, 11) is 3.69. The number of amides is 1. The van der Waals surface area contributed by atoms with E-state index < -0.39 is 0 Å². The van der Waals surface area contributed by atoms with Crippen molar-refractivity contribution in [3.8, 4) is 0 Å². The number of methoxy groups -OCH3 is 1. The molecule has 0 radical (unpaired) electrons. The highest BCUT2D eigenvalue weighted by molar-refractivity contribution is 5.78. The van der Waals surface area contributed by atoms with Crippen molar-refractivity contribution in [1.29, 1.82) is 0 Å². The molecule has 16 heavy (non-hydrogen) atoms. The van der Waals surface area contributed by atoms with Crippen molar-refractivity contribution in [3.63, 3.8) is 0 Å². The third-order valence-corrected chi connectivity index (χ3v) is 2.52. The molecule has 1 unspecified atom stereocenters. The lowest BCUT2D eigenvalue weighted by molar-refractivity contribution is -0.124. The van der Waals surface area contributed by atoms with Gasteiger partial charge in [0.1, 0.15) is 0 Å². The molecule has 0 spiro atoms. The quantitative estimate of drug-likeness (QED) is 0.570. The highest BCUT2D eigenvalue weighted by atomic mass is 16.5. The van der Waals surface area contributed by atoms with E-state index in [0.717, 1.165) is 19.5 Å². The van der Waals surface area contributed by atoms with Gasteiger partial charge in [0.25, 0.3) is 0 Å². The van der Waals surface area contributed by atoms with Gasteiger partial charge in [-0.15, -0.1) is 0 Å². The Morgan fingerprint density at radius 3 is 2.75 bits per heavy atom. The molecule has 0 aliphatic heterocycles. The smallest absolute Gasteiger partial charge is 0.222 e. The predicted octanol–water partition coefficient (Wildman–Crippen LogP) is -0.334. The first-order valence-corrected chi connectivity index (χ1v) is 5.77. The maximum Gasteiger partial charge on any atom is 0.222 e. The van der Waals surface area contributed by atoms with Crippen LogP contribution in [0.4, 0.5) is 0 Å². The molecule has 0 aliphatic rings. The average Bonchev–Trinajstić information content (AvgIpc) is 2.26. The molecule has 0 saturated carbocycles. The zero-order chi connectivity index (χ0) is 12.4. The number of nitrogens with two attached hydrogens (primary N) is 1. The van der Waals surface area contributed by atoms with Gasteiger partial charge in [0.05, 0.1) is 6.61 Å². The third kappa shape index (κ3) is 7.62. The van der Waals surface area contributed by atoms with E-state index in [1.807, 2.05) is 14.0 Å². The third-order valence-electron chi connectivity index (χ3n) is 2.52. The number of nitrogens with one attached hydrogen (secondary N) is 1. The molecular formula is C11H25N3O2. The van der Waals surface area contributed by atoms with Crippen molar-refractivity contribution in [3.05, 3.63) is 0 Å². The largest absolute Gasteiger partial charge is 0.383 e. The van der Waals surface area contributed by atoms with Crippen LogP contribution in [0.5, 0.6) is 0 Å². The molecule has 96 valence electrons. The van der Waals surface area contributed by atoms with Crippen molar-refractivity contribution in [2.45, 2.75) is 13.3 Å². The number of hydrogen-bond acceptors (Lipinski definition) is 4. The van der Waals surface area contributed by atoms with E-state index in [1.54, 1.807) is 7.11 Å². The van der Waals surface area contributed by atoms with Gasteiger partial charge in [-0.3, -0.25) is 4.79 Å². The van der Waals surface area contributed by atoms with Crippen LogP contribution in [0.15, 0.2) is 0 Å². The summed E-state index contributed by atoms with van der Waals surface area (Å²) in [5, 5.41) is 2.90. The van der Waals surface area contributed by atoms with Crippen LogP contribution < -0.4 is 11.1 Å². The molecule has 0 saturated heterocycles. The Bertz CT molecular complexity index is 188. The second-order valence-electron chi connectivity index (χ2n) is 4.07. The van der Waals surface area contributed by atoms with Crippen LogP contribution in [-0.4, -0.2) is 57.8 Å². The standard InChI is InChI=1S/C11H25N3O2/c1-10(4-5-12)11(15)13-6-7-14(2)8-9-16-3/h10H,4-9,12H2,1-3H3,(H,13,15). The van der Waals surface area contributed by atoms with Gasteiger partial charge in [-0.2, -0.15) is 0 Å². The van der Waals surface area contributed by atoms with Crippen molar-refractivity contribution in [2.75, 3.05) is 46.9 Å². The Balaban J connectivity index is 3.53. The molecule has 3 N–H and O–H groups in total. The van der Waals surface area contributed by atoms with Crippen molar-refractivity contribution in [1.82, 2.24) is 10.2 Å². The molecule has 0 heterocycles. The molecule has 0 aromatic carbocycles. The molecule has 5 nitrogen and oxygen atoms in total. The monoisotopic (exact) mass is 231 g/mol. The molecule has 1 atom stereocenters. The van der Waals surface area contributed by atoms with Crippen LogP contribution in [0.1, 0.15) is 13.3 Å². The minimum absolute atomic E-state index is 0.00859. The van der Waals surface area contributed by atoms with Crippen LogP contribution in [-0.2, 0) is 9.53 Å². The molecule has 0 bridgehead atoms. The molecular weight excluding hydrogens is 206 g/mol. The summed E-state index contributed by atoms with van der Waals surface area (Å²) < 4.78 is 4.97. The van der Waals surface area contributed by atoms with Crippen molar-refractivity contribution < 1.29 is 9.53 Å². The summed E-state index contributed by atoms with van der Waals surface area (Å²) in [6.45, 7) is 5.57. The molecule has 0 aliphatic carbocycles. The molecule has 0 fully saturated rings. The zero-order valence-electron chi connectivity index (χ0n) is 10.7. The van der Waals surface area contributed by atoms with Gasteiger partial charge >= 0.3 is 0 Å². The number of carbonyl (C=O) groups is 1. The number of likely N-dealkylation sites (N-methyl/N-ethyl adjacent to an activating group) is 1. The number of ether oxygens (including phenoxy) is 1. The Morgan fingerprint density at radius 2 is 2.19 bits per heavy atom. The van der Waals surface area contributed by atoms with Crippen LogP contribution in [0, 0.1) is 5.92 Å². The Labute approximate surface area is 98.3 Å². The summed E-state index contributed by atoms with van der Waals surface area (Å²) in [5.74, 6) is 0.0971. The Morgan fingerprint density at radius 1 is 1.50 bits per heavy atom. The molecule has 1 amide bonds. The minimum atomic E-state index is 0.00859. The van der Waals surface area contributed by atoms with Crippen LogP contribution in [0.3, 0.4) is 0 Å². The summed E-state index contributed by atoms with van der Waals surface area (Å²) in [6, 6.07) is 0. The molecule has 0 aromatic rings. The number of hydrogen-bond donors (Lipinski definition) is 2. The fourth-order valence-corrected chi connectivity index (χ4v) is 1.28. The predicted molar refractivity (Wildman–Crippen MR) is 65.2 cm³/mol. The van der Waals surface area contributed by atoms with E-state index in [0.29, 0.717) is 19.7 Å². The average molecular weight is 231 g/mol. The fraction of sp³-hybridized carbons (Fsp3) is 0.909. The first-order valence-electron chi connectivity index (χ1n) is 5.77. The van der Waals surface area contributed by atoms with E-state index >= 15 is 0 Å². The second-order valence-corrected chi connectivity index (χ2v) is 4.07. The van der Waals surface area contributed by atoms with Crippen LogP contribution in [0.25, 0.3) is 0 Å². The fourth-order valence-electron chi connectivity index (χ4n) is 1.28. The van der Waals surface area contributed by atoms with Gasteiger partial charge in [-0.1, -0.05) is 6.92 Å².